The first kappa shape index (κ1) is 19.0. The Morgan fingerprint density at radius 3 is 2.21 bits per heavy atom. The molecular formula is C12H20N6O6. The number of rotatable bonds is 4. The van der Waals surface area contributed by atoms with Crippen LogP contribution in [0.2, 0.25) is 0 Å². The zero-order chi connectivity index (χ0) is 18.4. The lowest BCUT2D eigenvalue weighted by Crippen LogP contribution is -2.52. The highest BCUT2D eigenvalue weighted by Gasteiger charge is 2.29. The van der Waals surface area contributed by atoms with Crippen LogP contribution in [0.15, 0.2) is 9.59 Å². The van der Waals surface area contributed by atoms with Crippen LogP contribution in [0.4, 0.5) is 21.1 Å². The van der Waals surface area contributed by atoms with Crippen molar-refractivity contribution in [1.29, 1.82) is 0 Å². The Kier molecular flexibility index (Phi) is 6.35. The molecule has 4 N–H and O–H groups in total. The van der Waals surface area contributed by atoms with Crippen LogP contribution in [0.5, 0.6) is 0 Å². The number of nitrogens with one attached hydrogen (secondary N) is 2. The van der Waals surface area contributed by atoms with E-state index in [0.29, 0.717) is 5.01 Å². The minimum atomic E-state index is -1.06. The van der Waals surface area contributed by atoms with Crippen molar-refractivity contribution in [2.24, 2.45) is 19.9 Å². The summed E-state index contributed by atoms with van der Waals surface area (Å²) in [5, 5.41) is 0.526. The molecule has 0 spiro atoms. The summed E-state index contributed by atoms with van der Waals surface area (Å²) >= 11 is 0. The molecule has 134 valence electrons. The maximum Gasteiger partial charge on any atom is 0.433 e. The lowest BCUT2D eigenvalue weighted by Gasteiger charge is -2.24. The molecule has 1 rings (SSSR count). The van der Waals surface area contributed by atoms with Crippen LogP contribution in [-0.2, 0) is 23.6 Å². The summed E-state index contributed by atoms with van der Waals surface area (Å²) in [7, 11) is 2.54. The summed E-state index contributed by atoms with van der Waals surface area (Å²) in [6.07, 6.45) is -2.05. The number of hydrazine groups is 2. The van der Waals surface area contributed by atoms with Gasteiger partial charge in [0.25, 0.3) is 5.56 Å². The molecule has 0 aromatic carbocycles. The smallest absolute Gasteiger partial charge is 0.433 e. The molecule has 24 heavy (non-hydrogen) atoms. The summed E-state index contributed by atoms with van der Waals surface area (Å²) < 4.78 is 11.2. The van der Waals surface area contributed by atoms with E-state index in [1.165, 1.54) is 14.1 Å². The van der Waals surface area contributed by atoms with Crippen molar-refractivity contribution in [1.82, 2.24) is 14.6 Å². The molecule has 1 aromatic heterocycles. The molecule has 0 unspecified atom stereocenters. The van der Waals surface area contributed by atoms with Crippen molar-refractivity contribution in [3.8, 4) is 0 Å². The Morgan fingerprint density at radius 1 is 1.12 bits per heavy atom. The minimum Gasteiger partial charge on any atom is -0.449 e. The largest absolute Gasteiger partial charge is 0.449 e. The molecule has 0 saturated heterocycles. The third-order valence-electron chi connectivity index (χ3n) is 2.93. The van der Waals surface area contributed by atoms with Crippen molar-refractivity contribution in [2.75, 3.05) is 23.6 Å². The average Bonchev–Trinajstić information content (AvgIpc) is 2.54. The van der Waals surface area contributed by atoms with Gasteiger partial charge in [-0.1, -0.05) is 0 Å². The highest BCUT2D eigenvalue weighted by Crippen LogP contribution is 2.18. The van der Waals surface area contributed by atoms with Gasteiger partial charge in [-0.3, -0.25) is 13.9 Å². The van der Waals surface area contributed by atoms with Crippen molar-refractivity contribution in [2.45, 2.75) is 13.8 Å². The zero-order valence-corrected chi connectivity index (χ0v) is 13.8. The third-order valence-corrected chi connectivity index (χ3v) is 2.93. The van der Waals surface area contributed by atoms with Gasteiger partial charge >= 0.3 is 17.9 Å². The number of hydrogen-bond donors (Lipinski definition) is 3. The summed E-state index contributed by atoms with van der Waals surface area (Å²) in [5.41, 5.74) is 2.27. The van der Waals surface area contributed by atoms with E-state index >= 15 is 0 Å². The molecule has 1 heterocycles. The van der Waals surface area contributed by atoms with Crippen LogP contribution >= 0.6 is 0 Å². The molecule has 12 heteroatoms. The first-order valence-electron chi connectivity index (χ1n) is 6.96. The maximum absolute atomic E-state index is 12.4. The van der Waals surface area contributed by atoms with E-state index in [9.17, 15) is 19.2 Å². The van der Waals surface area contributed by atoms with Crippen LogP contribution in [0.25, 0.3) is 0 Å². The number of nitrogens with zero attached hydrogens (tertiary/aromatic N) is 3. The lowest BCUT2D eigenvalue weighted by molar-refractivity contribution is 0.138. The van der Waals surface area contributed by atoms with Gasteiger partial charge in [-0.2, -0.15) is 5.01 Å². The molecule has 12 nitrogen and oxygen atoms in total. The number of aromatic nitrogens is 2. The van der Waals surface area contributed by atoms with Crippen LogP contribution in [0.3, 0.4) is 0 Å². The monoisotopic (exact) mass is 344 g/mol. The lowest BCUT2D eigenvalue weighted by atomic mass is 10.4. The molecule has 0 aliphatic rings. The normalized spacial score (nSPS) is 10.0. The number of carbonyl (C=O) groups excluding carboxylic acids is 2. The second kappa shape index (κ2) is 8.01. The van der Waals surface area contributed by atoms with Crippen LogP contribution in [-0.4, -0.2) is 34.5 Å². The SMILES string of the molecule is CCOC(=O)NN(C(=O)OCC)c1c(NN)n(C)c(=O)n(C)c1=O. The van der Waals surface area contributed by atoms with Gasteiger partial charge < -0.3 is 14.9 Å². The first-order chi connectivity index (χ1) is 11.3. The van der Waals surface area contributed by atoms with Crippen molar-refractivity contribution in [3.63, 3.8) is 0 Å². The Hall–Kier alpha value is -3.02. The highest BCUT2D eigenvalue weighted by atomic mass is 16.6. The van der Waals surface area contributed by atoms with Gasteiger partial charge in [-0.25, -0.2) is 25.7 Å². The molecule has 0 atom stereocenters. The van der Waals surface area contributed by atoms with E-state index in [1.54, 1.807) is 13.8 Å². The summed E-state index contributed by atoms with van der Waals surface area (Å²) in [6, 6.07) is 0. The number of nitrogen functional groups attached to an aromatic ring is 1. The minimum absolute atomic E-state index is 0.0166. The summed E-state index contributed by atoms with van der Waals surface area (Å²) in [5.74, 6) is 5.16. The molecular weight excluding hydrogens is 324 g/mol. The van der Waals surface area contributed by atoms with Gasteiger partial charge in [0.15, 0.2) is 11.5 Å². The number of amides is 2. The standard InChI is InChI=1S/C12H20N6O6/c1-5-23-10(20)15-18(12(22)24-6-2)7-8(14-13)16(3)11(21)17(4)9(7)19/h14H,5-6,13H2,1-4H3,(H,15,20). The van der Waals surface area contributed by atoms with E-state index in [4.69, 9.17) is 15.3 Å². The van der Waals surface area contributed by atoms with E-state index in [2.05, 4.69) is 10.9 Å². The zero-order valence-electron chi connectivity index (χ0n) is 13.8. The van der Waals surface area contributed by atoms with Gasteiger partial charge in [0.1, 0.15) is 0 Å². The molecule has 2 amide bonds. The molecule has 0 aliphatic heterocycles. The maximum atomic E-state index is 12.4. The fourth-order valence-corrected chi connectivity index (χ4v) is 1.83. The molecule has 1 aromatic rings. The van der Waals surface area contributed by atoms with Gasteiger partial charge in [-0.15, -0.1) is 0 Å². The van der Waals surface area contributed by atoms with E-state index < -0.39 is 29.1 Å². The predicted octanol–water partition coefficient (Wildman–Crippen LogP) is -1.01. The number of nitrogens with two attached hydrogens (primary N) is 1. The van der Waals surface area contributed by atoms with Crippen molar-refractivity contribution in [3.05, 3.63) is 20.8 Å². The molecule has 0 saturated carbocycles. The van der Waals surface area contributed by atoms with E-state index in [1.807, 2.05) is 0 Å². The predicted molar refractivity (Wildman–Crippen MR) is 84.4 cm³/mol. The number of anilines is 2. The Morgan fingerprint density at radius 2 is 1.71 bits per heavy atom. The van der Waals surface area contributed by atoms with Crippen molar-refractivity contribution >= 4 is 23.7 Å². The van der Waals surface area contributed by atoms with E-state index in [-0.39, 0.29) is 19.0 Å². The second-order valence-electron chi connectivity index (χ2n) is 4.41. The quantitative estimate of drug-likeness (QED) is 0.464. The summed E-state index contributed by atoms with van der Waals surface area (Å²) in [6.45, 7) is 3.13. The fraction of sp³-hybridized carbons (Fsp3) is 0.500. The third kappa shape index (κ3) is 3.65. The topological polar surface area (TPSA) is 150 Å². The molecule has 0 bridgehead atoms. The second-order valence-corrected chi connectivity index (χ2v) is 4.41. The van der Waals surface area contributed by atoms with Crippen molar-refractivity contribution < 1.29 is 19.1 Å². The molecule has 0 fully saturated rings. The Bertz CT molecular complexity index is 739. The fourth-order valence-electron chi connectivity index (χ4n) is 1.83. The van der Waals surface area contributed by atoms with Gasteiger partial charge in [0.2, 0.25) is 0 Å². The van der Waals surface area contributed by atoms with Crippen LogP contribution < -0.4 is 33.0 Å². The Labute approximate surface area is 136 Å². The number of carbonyl (C=O) groups is 2. The van der Waals surface area contributed by atoms with Gasteiger partial charge in [0, 0.05) is 14.1 Å². The molecule has 0 radical (unpaired) electrons. The highest BCUT2D eigenvalue weighted by molar-refractivity contribution is 5.93. The Balaban J connectivity index is 3.58. The van der Waals surface area contributed by atoms with Gasteiger partial charge in [-0.05, 0) is 13.8 Å². The molecule has 0 aliphatic carbocycles. The number of hydrogen-bond acceptors (Lipinski definition) is 8. The van der Waals surface area contributed by atoms with Crippen LogP contribution in [0.1, 0.15) is 13.8 Å². The first-order valence-corrected chi connectivity index (χ1v) is 6.96. The van der Waals surface area contributed by atoms with E-state index in [0.717, 1.165) is 9.13 Å². The van der Waals surface area contributed by atoms with Gasteiger partial charge in [0.05, 0.1) is 13.2 Å². The summed E-state index contributed by atoms with van der Waals surface area (Å²) in [4.78, 5) is 48.2. The van der Waals surface area contributed by atoms with Crippen LogP contribution in [0, 0.1) is 0 Å². The number of ether oxygens (including phenoxy) is 2. The average molecular weight is 344 g/mol.